The summed E-state index contributed by atoms with van der Waals surface area (Å²) in [5.41, 5.74) is 2.74. The standard InChI is InChI=1S/C23H19Cl3N4O5/c1-12(2)21(28-22(31)13-4-3-5-14(24)8-13)23(32)29-27-11-15-6-7-20(35-15)16-9-18(26)19(30(33)34)10-17(16)25/h3-12,21H,1-2H3,(H,28,31)(H,29,32)/b27-11-. The van der Waals surface area contributed by atoms with E-state index in [2.05, 4.69) is 15.8 Å². The number of carbonyl (C=O) groups is 2. The lowest BCUT2D eigenvalue weighted by molar-refractivity contribution is -0.384. The van der Waals surface area contributed by atoms with Crippen molar-refractivity contribution >= 4 is 58.5 Å². The quantitative estimate of drug-likeness (QED) is 0.216. The van der Waals surface area contributed by atoms with Crippen molar-refractivity contribution in [1.82, 2.24) is 10.7 Å². The van der Waals surface area contributed by atoms with Crippen LogP contribution in [0, 0.1) is 16.0 Å². The van der Waals surface area contributed by atoms with Crippen LogP contribution in [-0.4, -0.2) is 29.0 Å². The zero-order valence-electron chi connectivity index (χ0n) is 18.4. The lowest BCUT2D eigenvalue weighted by Gasteiger charge is -2.20. The number of amides is 2. The summed E-state index contributed by atoms with van der Waals surface area (Å²) < 4.78 is 5.63. The van der Waals surface area contributed by atoms with Gasteiger partial charge in [-0.25, -0.2) is 5.43 Å². The largest absolute Gasteiger partial charge is 0.455 e. The number of nitrogens with one attached hydrogen (secondary N) is 2. The molecule has 2 aromatic carbocycles. The minimum absolute atomic E-state index is 0.0856. The number of hydrogen-bond donors (Lipinski definition) is 2. The Balaban J connectivity index is 1.67. The minimum atomic E-state index is -0.855. The number of furan rings is 1. The summed E-state index contributed by atoms with van der Waals surface area (Å²) >= 11 is 18.0. The number of carbonyl (C=O) groups excluding carboxylic acids is 2. The lowest BCUT2D eigenvalue weighted by atomic mass is 10.0. The SMILES string of the molecule is CC(C)C(NC(=O)c1cccc(Cl)c1)C(=O)N/N=C\c1ccc(-c2cc(Cl)c([N+](=O)[O-])cc2Cl)o1. The molecule has 9 nitrogen and oxygen atoms in total. The van der Waals surface area contributed by atoms with Gasteiger partial charge in [-0.2, -0.15) is 5.10 Å². The summed E-state index contributed by atoms with van der Waals surface area (Å²) in [5, 5.41) is 18.0. The van der Waals surface area contributed by atoms with Crippen LogP contribution in [0.5, 0.6) is 0 Å². The van der Waals surface area contributed by atoms with Gasteiger partial charge in [-0.15, -0.1) is 0 Å². The number of rotatable bonds is 8. The Hall–Kier alpha value is -3.40. The van der Waals surface area contributed by atoms with Crippen molar-refractivity contribution < 1.29 is 18.9 Å². The maximum atomic E-state index is 12.6. The Morgan fingerprint density at radius 1 is 1.09 bits per heavy atom. The molecule has 35 heavy (non-hydrogen) atoms. The summed E-state index contributed by atoms with van der Waals surface area (Å²) in [6, 6.07) is 11.1. The van der Waals surface area contributed by atoms with Gasteiger partial charge in [-0.1, -0.05) is 54.7 Å². The first-order chi connectivity index (χ1) is 16.6. The van der Waals surface area contributed by atoms with Crippen LogP contribution < -0.4 is 10.7 Å². The Kier molecular flexibility index (Phi) is 8.50. The highest BCUT2D eigenvalue weighted by molar-refractivity contribution is 6.36. The fraction of sp³-hybridized carbons (Fsp3) is 0.174. The molecule has 0 spiro atoms. The molecule has 2 amide bonds. The van der Waals surface area contributed by atoms with Crippen molar-refractivity contribution in [3.05, 3.63) is 85.0 Å². The van der Waals surface area contributed by atoms with Gasteiger partial charge in [0.25, 0.3) is 17.5 Å². The molecule has 0 radical (unpaired) electrons. The van der Waals surface area contributed by atoms with Crippen LogP contribution in [0.25, 0.3) is 11.3 Å². The van der Waals surface area contributed by atoms with Gasteiger partial charge in [0, 0.05) is 22.2 Å². The molecule has 2 N–H and O–H groups in total. The summed E-state index contributed by atoms with van der Waals surface area (Å²) in [4.78, 5) is 35.5. The minimum Gasteiger partial charge on any atom is -0.455 e. The topological polar surface area (TPSA) is 127 Å². The second kappa shape index (κ2) is 11.4. The van der Waals surface area contributed by atoms with E-state index in [0.717, 1.165) is 6.07 Å². The first-order valence-electron chi connectivity index (χ1n) is 10.2. The van der Waals surface area contributed by atoms with Gasteiger partial charge in [-0.05, 0) is 42.3 Å². The van der Waals surface area contributed by atoms with Crippen molar-refractivity contribution in [3.63, 3.8) is 0 Å². The Labute approximate surface area is 215 Å². The van der Waals surface area contributed by atoms with Crippen LogP contribution in [0.2, 0.25) is 15.1 Å². The average molecular weight is 538 g/mol. The maximum absolute atomic E-state index is 12.6. The maximum Gasteiger partial charge on any atom is 0.289 e. The van der Waals surface area contributed by atoms with E-state index in [1.165, 1.54) is 18.3 Å². The van der Waals surface area contributed by atoms with Gasteiger partial charge >= 0.3 is 0 Å². The summed E-state index contributed by atoms with van der Waals surface area (Å²) in [7, 11) is 0. The predicted octanol–water partition coefficient (Wildman–Crippen LogP) is 5.72. The molecule has 1 aromatic heterocycles. The third kappa shape index (κ3) is 6.60. The molecule has 1 atom stereocenters. The molecular formula is C23H19Cl3N4O5. The molecule has 3 rings (SSSR count). The van der Waals surface area contributed by atoms with E-state index in [1.807, 2.05) is 0 Å². The number of nitro groups is 1. The zero-order valence-corrected chi connectivity index (χ0v) is 20.7. The highest BCUT2D eigenvalue weighted by atomic mass is 35.5. The van der Waals surface area contributed by atoms with Gasteiger partial charge in [-0.3, -0.25) is 19.7 Å². The normalized spacial score (nSPS) is 12.1. The smallest absolute Gasteiger partial charge is 0.289 e. The number of nitro benzene ring substituents is 1. The summed E-state index contributed by atoms with van der Waals surface area (Å²) in [5.74, 6) is -0.621. The van der Waals surface area contributed by atoms with Gasteiger partial charge in [0.15, 0.2) is 0 Å². The molecule has 0 saturated carbocycles. The first kappa shape index (κ1) is 26.2. The van der Waals surface area contributed by atoms with E-state index in [4.69, 9.17) is 39.2 Å². The molecule has 0 aliphatic heterocycles. The van der Waals surface area contributed by atoms with Crippen LogP contribution in [0.3, 0.4) is 0 Å². The highest BCUT2D eigenvalue weighted by Gasteiger charge is 2.24. The van der Waals surface area contributed by atoms with Gasteiger partial charge in [0.05, 0.1) is 16.2 Å². The van der Waals surface area contributed by atoms with E-state index in [9.17, 15) is 19.7 Å². The van der Waals surface area contributed by atoms with Gasteiger partial charge < -0.3 is 9.73 Å². The van der Waals surface area contributed by atoms with Crippen LogP contribution in [0.15, 0.2) is 58.0 Å². The molecule has 0 aliphatic carbocycles. The monoisotopic (exact) mass is 536 g/mol. The number of hydrazone groups is 1. The molecule has 182 valence electrons. The van der Waals surface area contributed by atoms with E-state index < -0.39 is 22.8 Å². The molecule has 1 heterocycles. The third-order valence-corrected chi connectivity index (χ3v) is 5.67. The van der Waals surface area contributed by atoms with Gasteiger partial charge in [0.1, 0.15) is 22.6 Å². The molecule has 3 aromatic rings. The van der Waals surface area contributed by atoms with Crippen molar-refractivity contribution in [2.45, 2.75) is 19.9 Å². The Morgan fingerprint density at radius 2 is 1.83 bits per heavy atom. The Morgan fingerprint density at radius 3 is 2.49 bits per heavy atom. The first-order valence-corrected chi connectivity index (χ1v) is 11.3. The Bertz CT molecular complexity index is 1310. The molecule has 0 bridgehead atoms. The highest BCUT2D eigenvalue weighted by Crippen LogP contribution is 2.37. The van der Waals surface area contributed by atoms with Crippen LogP contribution in [-0.2, 0) is 4.79 Å². The number of benzene rings is 2. The average Bonchev–Trinajstić information content (AvgIpc) is 3.26. The summed E-state index contributed by atoms with van der Waals surface area (Å²) in [6.07, 6.45) is 1.26. The molecule has 0 fully saturated rings. The van der Waals surface area contributed by atoms with E-state index >= 15 is 0 Å². The van der Waals surface area contributed by atoms with E-state index in [-0.39, 0.29) is 27.4 Å². The lowest BCUT2D eigenvalue weighted by Crippen LogP contribution is -2.48. The molecular weight excluding hydrogens is 519 g/mol. The predicted molar refractivity (Wildman–Crippen MR) is 134 cm³/mol. The van der Waals surface area contributed by atoms with Crippen LogP contribution >= 0.6 is 34.8 Å². The van der Waals surface area contributed by atoms with Crippen LogP contribution in [0.1, 0.15) is 30.0 Å². The molecule has 1 unspecified atom stereocenters. The van der Waals surface area contributed by atoms with E-state index in [1.54, 1.807) is 44.2 Å². The number of hydrogen-bond acceptors (Lipinski definition) is 6. The van der Waals surface area contributed by atoms with Crippen molar-refractivity contribution in [2.75, 3.05) is 0 Å². The van der Waals surface area contributed by atoms with Crippen molar-refractivity contribution in [1.29, 1.82) is 0 Å². The van der Waals surface area contributed by atoms with Crippen molar-refractivity contribution in [2.24, 2.45) is 11.0 Å². The molecule has 0 saturated heterocycles. The molecule has 12 heteroatoms. The number of nitrogens with zero attached hydrogens (tertiary/aromatic N) is 2. The van der Waals surface area contributed by atoms with E-state index in [0.29, 0.717) is 21.9 Å². The second-order valence-corrected chi connectivity index (χ2v) is 8.93. The zero-order chi connectivity index (χ0) is 25.7. The fourth-order valence-electron chi connectivity index (χ4n) is 3.05. The van der Waals surface area contributed by atoms with Crippen molar-refractivity contribution in [3.8, 4) is 11.3 Å². The van der Waals surface area contributed by atoms with Gasteiger partial charge in [0.2, 0.25) is 0 Å². The fourth-order valence-corrected chi connectivity index (χ4v) is 3.72. The second-order valence-electron chi connectivity index (χ2n) is 7.68. The number of halogens is 3. The molecule has 0 aliphatic rings. The van der Waals surface area contributed by atoms with Crippen LogP contribution in [0.4, 0.5) is 5.69 Å². The summed E-state index contributed by atoms with van der Waals surface area (Å²) in [6.45, 7) is 3.56. The third-order valence-electron chi connectivity index (χ3n) is 4.81.